The molecule has 0 aromatic rings. The number of rotatable bonds is 16. The van der Waals surface area contributed by atoms with E-state index in [4.69, 9.17) is 4.74 Å². The van der Waals surface area contributed by atoms with Crippen LogP contribution in [0.15, 0.2) is 11.6 Å². The summed E-state index contributed by atoms with van der Waals surface area (Å²) in [6, 6.07) is 0. The van der Waals surface area contributed by atoms with Gasteiger partial charge in [0.05, 0.1) is 5.88 Å². The summed E-state index contributed by atoms with van der Waals surface area (Å²) >= 11 is 1.88. The van der Waals surface area contributed by atoms with Gasteiger partial charge < -0.3 is 9.64 Å². The standard InChI is InChI=1S/C19H37NOS/c1-2-3-4-5-6-7-8-9-10-12-16-21-17-13-11-14-20-15-18-22-19-20/h15,18H,2-14,16-17,19H2,1H3. The number of thioether (sulfide) groups is 1. The van der Waals surface area contributed by atoms with Crippen LogP contribution >= 0.6 is 11.8 Å². The van der Waals surface area contributed by atoms with Crippen molar-refractivity contribution in [2.24, 2.45) is 0 Å². The monoisotopic (exact) mass is 327 g/mol. The third-order valence-corrected chi connectivity index (χ3v) is 5.03. The highest BCUT2D eigenvalue weighted by atomic mass is 32.2. The Morgan fingerprint density at radius 2 is 1.41 bits per heavy atom. The largest absolute Gasteiger partial charge is 0.381 e. The van der Waals surface area contributed by atoms with Crippen LogP contribution in [0.5, 0.6) is 0 Å². The Bertz CT molecular complexity index is 258. The Labute approximate surface area is 143 Å². The van der Waals surface area contributed by atoms with Crippen LogP contribution in [-0.4, -0.2) is 30.5 Å². The van der Waals surface area contributed by atoms with E-state index in [2.05, 4.69) is 23.4 Å². The van der Waals surface area contributed by atoms with E-state index >= 15 is 0 Å². The maximum atomic E-state index is 5.73. The normalized spacial score (nSPS) is 14.1. The summed E-state index contributed by atoms with van der Waals surface area (Å²) < 4.78 is 5.73. The third-order valence-electron chi connectivity index (χ3n) is 4.23. The molecule has 0 aromatic carbocycles. The molecule has 2 nitrogen and oxygen atoms in total. The van der Waals surface area contributed by atoms with Crippen molar-refractivity contribution < 1.29 is 4.74 Å². The molecule has 1 aliphatic heterocycles. The molecule has 1 aliphatic rings. The molecule has 0 bridgehead atoms. The van der Waals surface area contributed by atoms with E-state index < -0.39 is 0 Å². The molecule has 0 saturated carbocycles. The molecule has 0 radical (unpaired) electrons. The number of hydrogen-bond donors (Lipinski definition) is 0. The Hall–Kier alpha value is -0.150. The maximum absolute atomic E-state index is 5.73. The first-order chi connectivity index (χ1) is 10.9. The fourth-order valence-corrected chi connectivity index (χ4v) is 3.51. The summed E-state index contributed by atoms with van der Waals surface area (Å²) in [4.78, 5) is 2.38. The lowest BCUT2D eigenvalue weighted by molar-refractivity contribution is 0.125. The summed E-state index contributed by atoms with van der Waals surface area (Å²) in [6.45, 7) is 5.38. The molecule has 3 heteroatoms. The summed E-state index contributed by atoms with van der Waals surface area (Å²) in [6.07, 6.45) is 18.6. The summed E-state index contributed by atoms with van der Waals surface area (Å²) in [5.74, 6) is 1.14. The molecule has 0 saturated heterocycles. The van der Waals surface area contributed by atoms with E-state index in [-0.39, 0.29) is 0 Å². The SMILES string of the molecule is CCCCCCCCCCCCOCCCCN1C=CSC1. The van der Waals surface area contributed by atoms with Gasteiger partial charge in [-0.2, -0.15) is 0 Å². The molecule has 0 fully saturated rings. The second-order valence-electron chi connectivity index (χ2n) is 6.39. The molecule has 0 aromatic heterocycles. The molecule has 0 atom stereocenters. The zero-order valence-electron chi connectivity index (χ0n) is 14.7. The van der Waals surface area contributed by atoms with Crippen molar-refractivity contribution in [2.45, 2.75) is 84.0 Å². The fraction of sp³-hybridized carbons (Fsp3) is 0.895. The predicted octanol–water partition coefficient (Wildman–Crippen LogP) is 6.18. The first-order valence-electron chi connectivity index (χ1n) is 9.53. The quantitative estimate of drug-likeness (QED) is 0.314. The third kappa shape index (κ3) is 12.4. The van der Waals surface area contributed by atoms with Gasteiger partial charge in [-0.25, -0.2) is 0 Å². The summed E-state index contributed by atoms with van der Waals surface area (Å²) in [5, 5.41) is 2.18. The van der Waals surface area contributed by atoms with Crippen LogP contribution in [0.25, 0.3) is 0 Å². The molecular formula is C19H37NOS. The molecule has 0 spiro atoms. The van der Waals surface area contributed by atoms with Gasteiger partial charge in [0, 0.05) is 26.0 Å². The van der Waals surface area contributed by atoms with Gasteiger partial charge in [0.15, 0.2) is 0 Å². The average Bonchev–Trinajstić information content (AvgIpc) is 3.04. The molecule has 22 heavy (non-hydrogen) atoms. The van der Waals surface area contributed by atoms with Crippen molar-refractivity contribution in [2.75, 3.05) is 25.6 Å². The Morgan fingerprint density at radius 1 is 0.818 bits per heavy atom. The Kier molecular flexibility index (Phi) is 14.2. The second kappa shape index (κ2) is 15.7. The highest BCUT2D eigenvalue weighted by molar-refractivity contribution is 8.02. The Morgan fingerprint density at radius 3 is 2.00 bits per heavy atom. The van der Waals surface area contributed by atoms with Crippen LogP contribution in [0, 0.1) is 0 Å². The van der Waals surface area contributed by atoms with Gasteiger partial charge in [-0.05, 0) is 24.7 Å². The van der Waals surface area contributed by atoms with E-state index in [1.807, 2.05) is 11.8 Å². The summed E-state index contributed by atoms with van der Waals surface area (Å²) in [5.41, 5.74) is 0. The van der Waals surface area contributed by atoms with Crippen molar-refractivity contribution in [1.29, 1.82) is 0 Å². The van der Waals surface area contributed by atoms with Crippen LogP contribution in [0.2, 0.25) is 0 Å². The van der Waals surface area contributed by atoms with Crippen LogP contribution in [0.1, 0.15) is 84.0 Å². The van der Waals surface area contributed by atoms with Crippen molar-refractivity contribution >= 4 is 11.8 Å². The zero-order valence-corrected chi connectivity index (χ0v) is 15.5. The minimum Gasteiger partial charge on any atom is -0.381 e. The second-order valence-corrected chi connectivity index (χ2v) is 7.26. The smallest absolute Gasteiger partial charge is 0.0675 e. The lowest BCUT2D eigenvalue weighted by Crippen LogP contribution is -2.15. The molecule has 0 N–H and O–H groups in total. The van der Waals surface area contributed by atoms with Crippen LogP contribution < -0.4 is 0 Å². The number of unbranched alkanes of at least 4 members (excludes halogenated alkanes) is 10. The summed E-state index contributed by atoms with van der Waals surface area (Å²) in [7, 11) is 0. The molecular weight excluding hydrogens is 290 g/mol. The number of nitrogens with zero attached hydrogens (tertiary/aromatic N) is 1. The lowest BCUT2D eigenvalue weighted by Gasteiger charge is -2.13. The highest BCUT2D eigenvalue weighted by Gasteiger charge is 2.03. The van der Waals surface area contributed by atoms with Crippen LogP contribution in [-0.2, 0) is 4.74 Å². The van der Waals surface area contributed by atoms with Gasteiger partial charge >= 0.3 is 0 Å². The van der Waals surface area contributed by atoms with Crippen LogP contribution in [0.4, 0.5) is 0 Å². The molecule has 1 rings (SSSR count). The van der Waals surface area contributed by atoms with E-state index in [9.17, 15) is 0 Å². The molecule has 0 unspecified atom stereocenters. The lowest BCUT2D eigenvalue weighted by atomic mass is 10.1. The molecule has 1 heterocycles. The van der Waals surface area contributed by atoms with Gasteiger partial charge in [-0.15, -0.1) is 11.8 Å². The van der Waals surface area contributed by atoms with E-state index in [1.54, 1.807) is 0 Å². The first kappa shape index (κ1) is 19.9. The molecule has 0 amide bonds. The van der Waals surface area contributed by atoms with Gasteiger partial charge in [0.1, 0.15) is 0 Å². The highest BCUT2D eigenvalue weighted by Crippen LogP contribution is 2.15. The Balaban J connectivity index is 1.65. The van der Waals surface area contributed by atoms with Gasteiger partial charge in [-0.3, -0.25) is 0 Å². The zero-order chi connectivity index (χ0) is 15.7. The van der Waals surface area contributed by atoms with E-state index in [1.165, 1.54) is 83.6 Å². The predicted molar refractivity (Wildman–Crippen MR) is 100 cm³/mol. The van der Waals surface area contributed by atoms with Crippen molar-refractivity contribution in [3.8, 4) is 0 Å². The van der Waals surface area contributed by atoms with Crippen molar-refractivity contribution in [3.63, 3.8) is 0 Å². The average molecular weight is 328 g/mol. The van der Waals surface area contributed by atoms with Crippen molar-refractivity contribution in [1.82, 2.24) is 4.90 Å². The van der Waals surface area contributed by atoms with Gasteiger partial charge in [0.25, 0.3) is 0 Å². The number of ether oxygens (including phenoxy) is 1. The van der Waals surface area contributed by atoms with E-state index in [0.29, 0.717) is 0 Å². The van der Waals surface area contributed by atoms with Crippen molar-refractivity contribution in [3.05, 3.63) is 11.6 Å². The van der Waals surface area contributed by atoms with Gasteiger partial charge in [-0.1, -0.05) is 64.7 Å². The minimum absolute atomic E-state index is 0.947. The van der Waals surface area contributed by atoms with E-state index in [0.717, 1.165) is 19.1 Å². The van der Waals surface area contributed by atoms with Crippen LogP contribution in [0.3, 0.4) is 0 Å². The minimum atomic E-state index is 0.947. The molecule has 0 aliphatic carbocycles. The maximum Gasteiger partial charge on any atom is 0.0675 e. The number of hydrogen-bond acceptors (Lipinski definition) is 3. The molecule has 130 valence electrons. The van der Waals surface area contributed by atoms with Gasteiger partial charge in [0.2, 0.25) is 0 Å². The fourth-order valence-electron chi connectivity index (χ4n) is 2.76. The topological polar surface area (TPSA) is 12.5 Å². The first-order valence-corrected chi connectivity index (χ1v) is 10.6.